The number of nitrogens with zero attached hydrogens (tertiary/aromatic N) is 2. The highest BCUT2D eigenvalue weighted by Gasteiger charge is 2.16. The van der Waals surface area contributed by atoms with E-state index in [1.165, 1.54) is 24.3 Å². The largest absolute Gasteiger partial charge is 0.300 e. The van der Waals surface area contributed by atoms with Crippen molar-refractivity contribution in [3.8, 4) is 28.4 Å². The molecule has 0 bridgehead atoms. The molecule has 0 spiro atoms. The molecular formula is C33H17F2N3. The first-order chi connectivity index (χ1) is 18.5. The molecule has 0 unspecified atom stereocenters. The standard InChI is InChI=1S/C33H17F2N3/c34-22-7-1-18(2-8-22)20-5-11-24-26-15-27-25-12-6-21(19-3-9-23(35)10-4-19)14-30(25)33(38-17-36)31(27)16-29(26)32(37)28(24)13-20/h1-16,37H. The number of nitrogens with one attached hydrogen (secondary N) is 1. The van der Waals surface area contributed by atoms with Gasteiger partial charge in [0.15, 0.2) is 0 Å². The molecule has 0 aliphatic rings. The molecule has 0 aromatic heterocycles. The monoisotopic (exact) mass is 493 g/mol. The van der Waals surface area contributed by atoms with Gasteiger partial charge in [0.1, 0.15) is 11.6 Å². The Labute approximate surface area is 215 Å². The van der Waals surface area contributed by atoms with Crippen LogP contribution in [0.2, 0.25) is 0 Å². The highest BCUT2D eigenvalue weighted by molar-refractivity contribution is 6.21. The summed E-state index contributed by atoms with van der Waals surface area (Å²) in [4.78, 5) is 4.18. The van der Waals surface area contributed by atoms with Gasteiger partial charge in [-0.25, -0.2) is 8.78 Å². The SMILES string of the molecule is N#CN=c1c2cc(-c3ccc(F)cc3)ccc2c2cc3c(cc12)c(=N)c1cc(-c2ccc(F)cc2)ccc13. The number of rotatable bonds is 2. The zero-order chi connectivity index (χ0) is 26.0. The van der Waals surface area contributed by atoms with E-state index in [0.29, 0.717) is 10.7 Å². The molecule has 178 valence electrons. The minimum absolute atomic E-state index is 0.288. The zero-order valence-electron chi connectivity index (χ0n) is 19.9. The molecule has 7 aromatic rings. The van der Waals surface area contributed by atoms with E-state index in [1.807, 2.05) is 48.7 Å². The molecule has 0 heterocycles. The van der Waals surface area contributed by atoms with E-state index in [9.17, 15) is 14.0 Å². The van der Waals surface area contributed by atoms with Crippen LogP contribution in [0.5, 0.6) is 0 Å². The summed E-state index contributed by atoms with van der Waals surface area (Å²) in [5.41, 5.74) is 3.58. The van der Waals surface area contributed by atoms with Gasteiger partial charge in [0.2, 0.25) is 6.19 Å². The van der Waals surface area contributed by atoms with Crippen LogP contribution < -0.4 is 10.7 Å². The summed E-state index contributed by atoms with van der Waals surface area (Å²) in [5.74, 6) is -0.583. The van der Waals surface area contributed by atoms with E-state index in [0.717, 1.165) is 65.3 Å². The average Bonchev–Trinajstić information content (AvgIpc) is 3.39. The second-order valence-electron chi connectivity index (χ2n) is 9.41. The molecule has 0 radical (unpaired) electrons. The minimum atomic E-state index is -0.295. The molecule has 0 saturated heterocycles. The van der Waals surface area contributed by atoms with Crippen molar-refractivity contribution < 1.29 is 8.78 Å². The molecule has 38 heavy (non-hydrogen) atoms. The fourth-order valence-electron chi connectivity index (χ4n) is 5.51. The van der Waals surface area contributed by atoms with Crippen LogP contribution in [0.3, 0.4) is 0 Å². The van der Waals surface area contributed by atoms with E-state index in [2.05, 4.69) is 11.1 Å². The molecule has 1 N–H and O–H groups in total. The lowest BCUT2D eigenvalue weighted by Gasteiger charge is -2.03. The van der Waals surface area contributed by atoms with E-state index in [4.69, 9.17) is 5.41 Å². The number of halogens is 2. The lowest BCUT2D eigenvalue weighted by molar-refractivity contribution is 0.627. The predicted molar refractivity (Wildman–Crippen MR) is 147 cm³/mol. The summed E-state index contributed by atoms with van der Waals surface area (Å²) in [6.07, 6.45) is 1.94. The third kappa shape index (κ3) is 3.24. The average molecular weight is 494 g/mol. The number of hydrogen-bond donors (Lipinski definition) is 1. The number of fused-ring (bicyclic) bond motifs is 6. The Kier molecular flexibility index (Phi) is 4.73. The van der Waals surface area contributed by atoms with Gasteiger partial charge in [-0.15, -0.1) is 0 Å². The Balaban J connectivity index is 1.50. The molecule has 0 saturated carbocycles. The predicted octanol–water partition coefficient (Wildman–Crippen LogP) is 7.65. The van der Waals surface area contributed by atoms with Crippen LogP contribution in [-0.4, -0.2) is 0 Å². The Morgan fingerprint density at radius 2 is 0.921 bits per heavy atom. The Bertz CT molecular complexity index is 2210. The number of benzene rings is 5. The van der Waals surface area contributed by atoms with Gasteiger partial charge in [-0.2, -0.15) is 10.3 Å². The van der Waals surface area contributed by atoms with Gasteiger partial charge in [0.05, 0.1) is 10.7 Å². The van der Waals surface area contributed by atoms with Crippen LogP contribution in [-0.2, 0) is 0 Å². The van der Waals surface area contributed by atoms with Crippen LogP contribution >= 0.6 is 0 Å². The third-order valence-electron chi connectivity index (χ3n) is 7.34. The van der Waals surface area contributed by atoms with Crippen molar-refractivity contribution >= 4 is 43.1 Å². The first-order valence-corrected chi connectivity index (χ1v) is 12.1. The summed E-state index contributed by atoms with van der Waals surface area (Å²) in [7, 11) is 0. The van der Waals surface area contributed by atoms with Crippen molar-refractivity contribution in [2.75, 3.05) is 0 Å². The maximum Gasteiger partial charge on any atom is 0.206 e. The molecule has 0 aliphatic heterocycles. The molecule has 7 aromatic carbocycles. The fourth-order valence-corrected chi connectivity index (χ4v) is 5.51. The highest BCUT2D eigenvalue weighted by Crippen LogP contribution is 2.35. The molecule has 3 nitrogen and oxygen atoms in total. The van der Waals surface area contributed by atoms with Gasteiger partial charge >= 0.3 is 0 Å². The summed E-state index contributed by atoms with van der Waals surface area (Å²) in [5, 5.41) is 26.5. The van der Waals surface area contributed by atoms with Crippen LogP contribution in [0, 0.1) is 28.5 Å². The quantitative estimate of drug-likeness (QED) is 0.247. The molecule has 7 rings (SSSR count). The van der Waals surface area contributed by atoms with E-state index >= 15 is 0 Å². The molecule has 0 amide bonds. The van der Waals surface area contributed by atoms with Gasteiger partial charge in [-0.3, -0.25) is 5.41 Å². The maximum atomic E-state index is 13.5. The second-order valence-corrected chi connectivity index (χ2v) is 9.41. The number of nitriles is 1. The zero-order valence-corrected chi connectivity index (χ0v) is 19.9. The highest BCUT2D eigenvalue weighted by atomic mass is 19.1. The Morgan fingerprint density at radius 3 is 1.50 bits per heavy atom. The van der Waals surface area contributed by atoms with Gasteiger partial charge in [-0.1, -0.05) is 48.5 Å². The molecule has 0 aliphatic carbocycles. The Morgan fingerprint density at radius 1 is 0.500 bits per heavy atom. The first kappa shape index (κ1) is 22.0. The van der Waals surface area contributed by atoms with Crippen molar-refractivity contribution in [1.29, 1.82) is 10.7 Å². The first-order valence-electron chi connectivity index (χ1n) is 12.1. The molecule has 5 heteroatoms. The van der Waals surface area contributed by atoms with Gasteiger partial charge < -0.3 is 0 Å². The lowest BCUT2D eigenvalue weighted by atomic mass is 10.0. The summed E-state index contributed by atoms with van der Waals surface area (Å²) in [6, 6.07) is 28.7. The van der Waals surface area contributed by atoms with Gasteiger partial charge in [-0.05, 0) is 92.3 Å². The smallest absolute Gasteiger partial charge is 0.206 e. The second kappa shape index (κ2) is 8.16. The van der Waals surface area contributed by atoms with Crippen molar-refractivity contribution in [3.63, 3.8) is 0 Å². The summed E-state index contributed by atoms with van der Waals surface area (Å²) >= 11 is 0. The van der Waals surface area contributed by atoms with Crippen molar-refractivity contribution in [3.05, 3.63) is 119 Å². The van der Waals surface area contributed by atoms with Crippen molar-refractivity contribution in [2.45, 2.75) is 0 Å². The molecule has 0 atom stereocenters. The van der Waals surface area contributed by atoms with Crippen LogP contribution in [0.25, 0.3) is 65.3 Å². The lowest BCUT2D eigenvalue weighted by Crippen LogP contribution is -1.99. The summed E-state index contributed by atoms with van der Waals surface area (Å²) in [6.45, 7) is 0. The normalized spacial score (nSPS) is 12.2. The van der Waals surface area contributed by atoms with Crippen LogP contribution in [0.4, 0.5) is 8.78 Å². The number of hydrogen-bond acceptors (Lipinski definition) is 3. The van der Waals surface area contributed by atoms with Gasteiger partial charge in [0.25, 0.3) is 0 Å². The van der Waals surface area contributed by atoms with Crippen molar-refractivity contribution in [1.82, 2.24) is 0 Å². The van der Waals surface area contributed by atoms with E-state index in [-0.39, 0.29) is 11.6 Å². The molecular weight excluding hydrogens is 476 g/mol. The topological polar surface area (TPSA) is 60.0 Å². The van der Waals surface area contributed by atoms with Crippen molar-refractivity contribution in [2.24, 2.45) is 4.99 Å². The Hall–Kier alpha value is -5.21. The van der Waals surface area contributed by atoms with Crippen LogP contribution in [0.1, 0.15) is 0 Å². The fraction of sp³-hybridized carbons (Fsp3) is 0. The van der Waals surface area contributed by atoms with E-state index in [1.54, 1.807) is 24.3 Å². The minimum Gasteiger partial charge on any atom is -0.300 e. The van der Waals surface area contributed by atoms with Crippen LogP contribution in [0.15, 0.2) is 102 Å². The van der Waals surface area contributed by atoms with Gasteiger partial charge in [0, 0.05) is 21.5 Å². The third-order valence-corrected chi connectivity index (χ3v) is 7.34. The maximum absolute atomic E-state index is 13.5. The molecule has 0 fully saturated rings. The summed E-state index contributed by atoms with van der Waals surface area (Å²) < 4.78 is 26.9. The van der Waals surface area contributed by atoms with E-state index < -0.39 is 0 Å².